The average Bonchev–Trinajstić information content (AvgIpc) is 3.32. The molecule has 2 aromatic heterocycles. The second kappa shape index (κ2) is 10.3. The number of hydrogen-bond donors (Lipinski definition) is 4. The molecule has 0 radical (unpaired) electrons. The van der Waals surface area contributed by atoms with E-state index in [0.717, 1.165) is 22.2 Å². The minimum absolute atomic E-state index is 0.250. The molecule has 34 heavy (non-hydrogen) atoms. The Hall–Kier alpha value is -4.63. The summed E-state index contributed by atoms with van der Waals surface area (Å²) in [5.74, 6) is 1.68. The molecule has 2 heterocycles. The van der Waals surface area contributed by atoms with Gasteiger partial charge in [0.2, 0.25) is 5.89 Å². The van der Waals surface area contributed by atoms with Gasteiger partial charge in [-0.05, 0) is 36.5 Å². The molecule has 4 aromatic rings. The predicted octanol–water partition coefficient (Wildman–Crippen LogP) is 3.37. The first kappa shape index (κ1) is 22.6. The van der Waals surface area contributed by atoms with Crippen LogP contribution in [0.5, 0.6) is 0 Å². The molecule has 4 rings (SSSR count). The molecule has 0 unspecified atom stereocenters. The van der Waals surface area contributed by atoms with Crippen molar-refractivity contribution in [1.82, 2.24) is 25.3 Å². The maximum Gasteiger partial charge on any atom is 0.227 e. The summed E-state index contributed by atoms with van der Waals surface area (Å²) in [6, 6.07) is 15.2. The normalized spacial score (nSPS) is 12.4. The number of rotatable bonds is 8. The van der Waals surface area contributed by atoms with Gasteiger partial charge >= 0.3 is 0 Å². The molecule has 0 saturated carbocycles. The van der Waals surface area contributed by atoms with Crippen LogP contribution in [0.1, 0.15) is 11.6 Å². The molecule has 6 N–H and O–H groups in total. The Morgan fingerprint density at radius 2 is 1.68 bits per heavy atom. The fourth-order valence-corrected chi connectivity index (χ4v) is 3.24. The van der Waals surface area contributed by atoms with Gasteiger partial charge in [-0.25, -0.2) is 19.9 Å². The quantitative estimate of drug-likeness (QED) is 0.234. The maximum atomic E-state index is 7.75. The lowest BCUT2D eigenvalue weighted by Crippen LogP contribution is -2.07. The molecule has 0 saturated heterocycles. The number of nitrogens with two attached hydrogens (primary N) is 2. The third kappa shape index (κ3) is 4.74. The standard InChI is InChI=1S/C25H24N8O/c1-29-13-11-19(15-28)24-32-22(31-23(33-24)18(14-27)10-12-26)16-6-8-17(9-7-16)25-30-20-4-2-3-5-21(20)34-25/h2-11,13-15,27,29H,12,26,28H2,1H3/b13-11-,18-10+,19-15+,27-14?. The number of para-hydroxylation sites is 2. The summed E-state index contributed by atoms with van der Waals surface area (Å²) in [7, 11) is 1.78. The maximum absolute atomic E-state index is 7.75. The van der Waals surface area contributed by atoms with Crippen molar-refractivity contribution in [3.05, 3.63) is 84.7 Å². The minimum atomic E-state index is 0.250. The van der Waals surface area contributed by atoms with E-state index in [-0.39, 0.29) is 6.54 Å². The van der Waals surface area contributed by atoms with Gasteiger partial charge in [0.05, 0.1) is 0 Å². The highest BCUT2D eigenvalue weighted by Crippen LogP contribution is 2.27. The zero-order valence-corrected chi connectivity index (χ0v) is 18.6. The summed E-state index contributed by atoms with van der Waals surface area (Å²) in [5, 5.41) is 10.7. The molecular weight excluding hydrogens is 428 g/mol. The average molecular weight is 453 g/mol. The third-order valence-corrected chi connectivity index (χ3v) is 4.94. The zero-order valence-electron chi connectivity index (χ0n) is 18.6. The van der Waals surface area contributed by atoms with Crippen LogP contribution in [0.3, 0.4) is 0 Å². The number of oxazole rings is 1. The number of benzene rings is 2. The Morgan fingerprint density at radius 3 is 2.32 bits per heavy atom. The van der Waals surface area contributed by atoms with E-state index in [9.17, 15) is 0 Å². The number of nitrogens with one attached hydrogen (secondary N) is 2. The number of aromatic nitrogens is 4. The van der Waals surface area contributed by atoms with Gasteiger partial charge in [-0.3, -0.25) is 0 Å². The molecular formula is C25H24N8O. The second-order valence-corrected chi connectivity index (χ2v) is 7.15. The number of fused-ring (bicyclic) bond motifs is 1. The van der Waals surface area contributed by atoms with Gasteiger partial charge in [0.25, 0.3) is 0 Å². The molecule has 2 aromatic carbocycles. The topological polar surface area (TPSA) is 153 Å². The van der Waals surface area contributed by atoms with Crippen LogP contribution in [0.15, 0.2) is 77.5 Å². The van der Waals surface area contributed by atoms with Crippen LogP contribution < -0.4 is 16.8 Å². The lowest BCUT2D eigenvalue weighted by Gasteiger charge is -2.09. The first-order valence-electron chi connectivity index (χ1n) is 10.6. The van der Waals surface area contributed by atoms with E-state index in [1.807, 2.05) is 48.5 Å². The van der Waals surface area contributed by atoms with Crippen LogP contribution in [-0.4, -0.2) is 39.7 Å². The summed E-state index contributed by atoms with van der Waals surface area (Å²) in [6.45, 7) is 0.250. The van der Waals surface area contributed by atoms with E-state index in [1.165, 1.54) is 12.4 Å². The van der Waals surface area contributed by atoms with Gasteiger partial charge in [0.15, 0.2) is 23.1 Å². The molecule has 0 fully saturated rings. The lowest BCUT2D eigenvalue weighted by molar-refractivity contribution is 0.620. The second-order valence-electron chi connectivity index (χ2n) is 7.15. The van der Waals surface area contributed by atoms with Gasteiger partial charge in [0.1, 0.15) is 5.52 Å². The Balaban J connectivity index is 1.77. The van der Waals surface area contributed by atoms with Crippen molar-refractivity contribution in [2.24, 2.45) is 11.5 Å². The van der Waals surface area contributed by atoms with Crippen LogP contribution in [0, 0.1) is 5.41 Å². The van der Waals surface area contributed by atoms with E-state index >= 15 is 0 Å². The highest BCUT2D eigenvalue weighted by atomic mass is 16.3. The number of allylic oxidation sites excluding steroid dienone is 3. The van der Waals surface area contributed by atoms with Crippen LogP contribution in [0.25, 0.3) is 45.1 Å². The van der Waals surface area contributed by atoms with Crippen LogP contribution in [0.2, 0.25) is 0 Å². The molecule has 0 amide bonds. The number of hydrogen-bond acceptors (Lipinski definition) is 9. The van der Waals surface area contributed by atoms with E-state index in [2.05, 4.69) is 25.3 Å². The van der Waals surface area contributed by atoms with Crippen molar-refractivity contribution >= 4 is 28.5 Å². The smallest absolute Gasteiger partial charge is 0.227 e. The molecule has 0 bridgehead atoms. The van der Waals surface area contributed by atoms with Crippen LogP contribution in [0.4, 0.5) is 0 Å². The van der Waals surface area contributed by atoms with E-state index in [4.69, 9.17) is 21.3 Å². The van der Waals surface area contributed by atoms with E-state index in [1.54, 1.807) is 25.4 Å². The van der Waals surface area contributed by atoms with Crippen molar-refractivity contribution in [2.45, 2.75) is 0 Å². The first-order valence-corrected chi connectivity index (χ1v) is 10.6. The van der Waals surface area contributed by atoms with Gasteiger partial charge in [0, 0.05) is 48.3 Å². The molecule has 0 aliphatic carbocycles. The van der Waals surface area contributed by atoms with Crippen LogP contribution >= 0.6 is 0 Å². The summed E-state index contributed by atoms with van der Waals surface area (Å²) in [6.07, 6.45) is 7.76. The minimum Gasteiger partial charge on any atom is -0.436 e. The number of nitrogens with zero attached hydrogens (tertiary/aromatic N) is 4. The Kier molecular flexibility index (Phi) is 6.85. The van der Waals surface area contributed by atoms with Gasteiger partial charge in [-0.2, -0.15) is 0 Å². The largest absolute Gasteiger partial charge is 0.436 e. The molecule has 0 spiro atoms. The molecule has 9 nitrogen and oxygen atoms in total. The Morgan fingerprint density at radius 1 is 0.971 bits per heavy atom. The van der Waals surface area contributed by atoms with Crippen molar-refractivity contribution in [3.8, 4) is 22.8 Å². The van der Waals surface area contributed by atoms with Crippen LogP contribution in [-0.2, 0) is 0 Å². The monoisotopic (exact) mass is 452 g/mol. The lowest BCUT2D eigenvalue weighted by atomic mass is 10.1. The highest BCUT2D eigenvalue weighted by molar-refractivity contribution is 6.06. The molecule has 170 valence electrons. The van der Waals surface area contributed by atoms with E-state index < -0.39 is 0 Å². The van der Waals surface area contributed by atoms with E-state index in [0.29, 0.717) is 34.5 Å². The highest BCUT2D eigenvalue weighted by Gasteiger charge is 2.14. The zero-order chi connectivity index (χ0) is 23.9. The fraction of sp³-hybridized carbons (Fsp3) is 0.0800. The SMILES string of the molecule is CN/C=C\C(=C/N)c1nc(/C(C=N)=C/CN)nc(-c2ccc(-c3nc4ccccc4o3)cc2)n1. The summed E-state index contributed by atoms with van der Waals surface area (Å²) < 4.78 is 5.86. The summed E-state index contributed by atoms with van der Waals surface area (Å²) in [5.41, 5.74) is 15.7. The predicted molar refractivity (Wildman–Crippen MR) is 134 cm³/mol. The molecule has 0 aliphatic rings. The first-order chi connectivity index (χ1) is 16.7. The molecule has 9 heteroatoms. The van der Waals surface area contributed by atoms with Gasteiger partial charge in [-0.15, -0.1) is 0 Å². The molecule has 0 aliphatic heterocycles. The third-order valence-electron chi connectivity index (χ3n) is 4.94. The summed E-state index contributed by atoms with van der Waals surface area (Å²) in [4.78, 5) is 18.3. The van der Waals surface area contributed by atoms with Crippen molar-refractivity contribution in [1.29, 1.82) is 5.41 Å². The Bertz CT molecular complexity index is 1370. The van der Waals surface area contributed by atoms with Crippen molar-refractivity contribution in [2.75, 3.05) is 13.6 Å². The molecule has 0 atom stereocenters. The van der Waals surface area contributed by atoms with Gasteiger partial charge in [-0.1, -0.05) is 30.3 Å². The van der Waals surface area contributed by atoms with Crippen molar-refractivity contribution < 1.29 is 4.42 Å². The Labute approximate surface area is 196 Å². The van der Waals surface area contributed by atoms with Gasteiger partial charge < -0.3 is 26.6 Å². The summed E-state index contributed by atoms with van der Waals surface area (Å²) >= 11 is 0. The fourth-order valence-electron chi connectivity index (χ4n) is 3.24. The van der Waals surface area contributed by atoms with Crippen molar-refractivity contribution in [3.63, 3.8) is 0 Å².